The molecule has 12 aromatic rings. The number of furan rings is 1. The van der Waals surface area contributed by atoms with Gasteiger partial charge >= 0.3 is 0 Å². The van der Waals surface area contributed by atoms with Crippen LogP contribution in [0.5, 0.6) is 0 Å². The molecule has 68 heavy (non-hydrogen) atoms. The first-order valence-corrected chi connectivity index (χ1v) is 23.3. The fraction of sp³-hybridized carbons (Fsp3) is 0.0154. The lowest BCUT2D eigenvalue weighted by Gasteiger charge is -2.35. The van der Waals surface area contributed by atoms with E-state index in [4.69, 9.17) is 14.4 Å². The van der Waals surface area contributed by atoms with E-state index in [-0.39, 0.29) is 0 Å². The lowest BCUT2D eigenvalue weighted by Crippen LogP contribution is -2.29. The van der Waals surface area contributed by atoms with E-state index < -0.39 is 5.41 Å². The summed E-state index contributed by atoms with van der Waals surface area (Å²) in [6.45, 7) is 0. The number of aromatic nitrogens is 2. The van der Waals surface area contributed by atoms with Crippen LogP contribution >= 0.6 is 0 Å². The maximum absolute atomic E-state index is 6.47. The third-order valence-electron chi connectivity index (χ3n) is 14.3. The van der Waals surface area contributed by atoms with Crippen LogP contribution in [0, 0.1) is 0 Å². The first kappa shape index (κ1) is 38.4. The van der Waals surface area contributed by atoms with Crippen molar-refractivity contribution in [2.75, 3.05) is 0 Å². The number of rotatable bonds is 5. The Balaban J connectivity index is 1.06. The topological polar surface area (TPSA) is 38.9 Å². The van der Waals surface area contributed by atoms with Crippen LogP contribution in [0.25, 0.3) is 111 Å². The highest BCUT2D eigenvalue weighted by molar-refractivity contribution is 6.12. The molecular weight excluding hydrogens is 825 g/mol. The van der Waals surface area contributed by atoms with Crippen molar-refractivity contribution in [3.63, 3.8) is 0 Å². The van der Waals surface area contributed by atoms with Crippen LogP contribution in [0.1, 0.15) is 22.3 Å². The highest BCUT2D eigenvalue weighted by atomic mass is 16.3. The van der Waals surface area contributed by atoms with Gasteiger partial charge < -0.3 is 4.42 Å². The molecule has 3 heteroatoms. The van der Waals surface area contributed by atoms with Crippen LogP contribution in [0.15, 0.2) is 247 Å². The summed E-state index contributed by atoms with van der Waals surface area (Å²) in [4.78, 5) is 11.1. The molecule has 0 aliphatic heterocycles. The molecule has 0 atom stereocenters. The Hall–Kier alpha value is -8.92. The van der Waals surface area contributed by atoms with Crippen molar-refractivity contribution >= 4 is 21.9 Å². The van der Waals surface area contributed by atoms with Crippen molar-refractivity contribution in [3.8, 4) is 89.5 Å². The van der Waals surface area contributed by atoms with E-state index in [1.165, 1.54) is 55.6 Å². The van der Waals surface area contributed by atoms with Gasteiger partial charge in [-0.1, -0.05) is 200 Å². The van der Waals surface area contributed by atoms with Gasteiger partial charge in [0, 0.05) is 27.5 Å². The van der Waals surface area contributed by atoms with Crippen LogP contribution in [0.2, 0.25) is 0 Å². The number of para-hydroxylation sites is 1. The summed E-state index contributed by atoms with van der Waals surface area (Å²) in [5.41, 5.74) is 22.7. The van der Waals surface area contributed by atoms with Gasteiger partial charge in [0.1, 0.15) is 11.2 Å². The molecule has 10 aromatic carbocycles. The number of hydrogen-bond donors (Lipinski definition) is 0. The molecule has 0 saturated heterocycles. The van der Waals surface area contributed by atoms with Gasteiger partial charge in [0.05, 0.1) is 16.8 Å². The maximum atomic E-state index is 6.47. The Morgan fingerprint density at radius 3 is 1.38 bits per heavy atom. The van der Waals surface area contributed by atoms with E-state index in [1.807, 2.05) is 12.1 Å². The van der Waals surface area contributed by atoms with Gasteiger partial charge in [-0.15, -0.1) is 0 Å². The molecular formula is C65H40N2O. The van der Waals surface area contributed by atoms with Crippen molar-refractivity contribution in [2.45, 2.75) is 5.41 Å². The average molecular weight is 865 g/mol. The van der Waals surface area contributed by atoms with Gasteiger partial charge in [-0.25, -0.2) is 9.97 Å². The van der Waals surface area contributed by atoms with Gasteiger partial charge in [0.15, 0.2) is 5.82 Å². The van der Waals surface area contributed by atoms with E-state index in [0.29, 0.717) is 5.82 Å². The summed E-state index contributed by atoms with van der Waals surface area (Å²) in [5.74, 6) is 0.649. The monoisotopic (exact) mass is 864 g/mol. The van der Waals surface area contributed by atoms with Gasteiger partial charge in [0.25, 0.3) is 0 Å². The highest BCUT2D eigenvalue weighted by Gasteiger charge is 2.49. The summed E-state index contributed by atoms with van der Waals surface area (Å²) < 4.78 is 6.47. The van der Waals surface area contributed by atoms with Gasteiger partial charge in [0.2, 0.25) is 0 Å². The summed E-state index contributed by atoms with van der Waals surface area (Å²) in [5, 5.41) is 2.09. The third-order valence-corrected chi connectivity index (χ3v) is 14.3. The summed E-state index contributed by atoms with van der Waals surface area (Å²) >= 11 is 0. The Kier molecular flexibility index (Phi) is 8.50. The Bertz CT molecular complexity index is 3850. The fourth-order valence-electron chi connectivity index (χ4n) is 11.4. The van der Waals surface area contributed by atoms with Gasteiger partial charge in [-0.05, 0) is 120 Å². The predicted octanol–water partition coefficient (Wildman–Crippen LogP) is 16.7. The predicted molar refractivity (Wildman–Crippen MR) is 278 cm³/mol. The molecule has 316 valence electrons. The number of hydrogen-bond acceptors (Lipinski definition) is 3. The maximum Gasteiger partial charge on any atom is 0.160 e. The van der Waals surface area contributed by atoms with E-state index in [9.17, 15) is 0 Å². The molecule has 0 unspecified atom stereocenters. The molecule has 0 amide bonds. The molecule has 2 aliphatic carbocycles. The largest absolute Gasteiger partial charge is 0.456 e. The van der Waals surface area contributed by atoms with Crippen molar-refractivity contribution < 1.29 is 4.42 Å². The zero-order valence-corrected chi connectivity index (χ0v) is 36.9. The molecule has 3 nitrogen and oxygen atoms in total. The van der Waals surface area contributed by atoms with Crippen molar-refractivity contribution in [1.82, 2.24) is 9.97 Å². The average Bonchev–Trinajstić information content (AvgIpc) is 3.91. The second-order valence-electron chi connectivity index (χ2n) is 18.0. The van der Waals surface area contributed by atoms with Crippen LogP contribution in [-0.2, 0) is 5.41 Å². The van der Waals surface area contributed by atoms with E-state index in [2.05, 4.69) is 231 Å². The van der Waals surface area contributed by atoms with Crippen molar-refractivity contribution in [2.24, 2.45) is 0 Å². The minimum absolute atomic E-state index is 0.622. The lowest BCUT2D eigenvalue weighted by atomic mass is 9.65. The zero-order valence-electron chi connectivity index (χ0n) is 36.9. The van der Waals surface area contributed by atoms with Crippen molar-refractivity contribution in [3.05, 3.63) is 265 Å². The number of nitrogens with zero attached hydrogens (tertiary/aromatic N) is 2. The zero-order chi connectivity index (χ0) is 44.8. The summed E-state index contributed by atoms with van der Waals surface area (Å²) in [6, 6.07) is 87.7. The summed E-state index contributed by atoms with van der Waals surface area (Å²) in [6.07, 6.45) is 0. The van der Waals surface area contributed by atoms with Gasteiger partial charge in [-0.2, -0.15) is 0 Å². The molecule has 0 bridgehead atoms. The number of benzene rings is 10. The van der Waals surface area contributed by atoms with Gasteiger partial charge in [-0.3, -0.25) is 0 Å². The standard InChI is InChI=1S/C65H40N2O/c1-3-18-41(19-4-1)44-36-45(42-20-5-2-6-21-42)38-46(37-44)64-66-59(40-60(67-64)53-28-17-33-62-63(53)54-27-12-16-32-61(54)68-62)43-34-35-52-51-26-11-15-31-57(51)65(58(52)39-43)55-29-13-9-24-49(55)47-22-7-8-23-48(47)50-25-10-14-30-56(50)65/h1-40H. The lowest BCUT2D eigenvalue weighted by molar-refractivity contribution is 0.669. The van der Waals surface area contributed by atoms with Crippen LogP contribution in [0.3, 0.4) is 0 Å². The van der Waals surface area contributed by atoms with Crippen LogP contribution in [-0.4, -0.2) is 9.97 Å². The minimum atomic E-state index is -0.622. The molecule has 14 rings (SSSR count). The minimum Gasteiger partial charge on any atom is -0.456 e. The van der Waals surface area contributed by atoms with E-state index in [1.54, 1.807) is 0 Å². The Morgan fingerprint density at radius 2 is 0.750 bits per heavy atom. The Morgan fingerprint density at radius 1 is 0.279 bits per heavy atom. The van der Waals surface area contributed by atoms with Crippen molar-refractivity contribution in [1.29, 1.82) is 0 Å². The molecule has 0 saturated carbocycles. The molecule has 2 aromatic heterocycles. The van der Waals surface area contributed by atoms with Crippen LogP contribution in [0.4, 0.5) is 0 Å². The summed E-state index contributed by atoms with van der Waals surface area (Å²) in [7, 11) is 0. The smallest absolute Gasteiger partial charge is 0.160 e. The molecule has 1 spiro atoms. The number of fused-ring (bicyclic) bond motifs is 15. The fourth-order valence-corrected chi connectivity index (χ4v) is 11.4. The highest BCUT2D eigenvalue weighted by Crippen LogP contribution is 2.61. The second-order valence-corrected chi connectivity index (χ2v) is 18.0. The first-order valence-electron chi connectivity index (χ1n) is 23.3. The SMILES string of the molecule is c1ccc(-c2cc(-c3ccccc3)cc(-c3nc(-c4ccc5c(c4)C4(c6ccccc6-c6ccccc6-c6ccccc64)c4ccccc4-5)cc(-c4cccc5oc6ccccc6c45)n3)c2)cc1. The molecule has 2 aliphatic rings. The third kappa shape index (κ3) is 5.72. The quantitative estimate of drug-likeness (QED) is 0.173. The van der Waals surface area contributed by atoms with E-state index >= 15 is 0 Å². The molecule has 0 N–H and O–H groups in total. The molecule has 2 heterocycles. The second kappa shape index (κ2) is 15.1. The Labute approximate surface area is 394 Å². The first-order chi connectivity index (χ1) is 33.7. The molecule has 0 fully saturated rings. The normalized spacial score (nSPS) is 12.8. The molecule has 0 radical (unpaired) electrons. The van der Waals surface area contributed by atoms with Crippen LogP contribution < -0.4 is 0 Å². The van der Waals surface area contributed by atoms with E-state index in [0.717, 1.165) is 72.3 Å².